The van der Waals surface area contributed by atoms with E-state index in [-0.39, 0.29) is 25.2 Å². The highest BCUT2D eigenvalue weighted by atomic mass is 16.5. The smallest absolute Gasteiger partial charge is 0.330 e. The zero-order valence-electron chi connectivity index (χ0n) is 33.6. The summed E-state index contributed by atoms with van der Waals surface area (Å²) in [5, 5.41) is 25.3. The first-order valence-corrected chi connectivity index (χ1v) is 18.8. The van der Waals surface area contributed by atoms with Crippen molar-refractivity contribution in [2.45, 2.75) is 83.1 Å². The number of hydrogen-bond acceptors (Lipinski definition) is 9. The van der Waals surface area contributed by atoms with Gasteiger partial charge in [0.2, 0.25) is 29.5 Å². The summed E-state index contributed by atoms with van der Waals surface area (Å²) in [6, 6.07) is 11.5. The molecule has 308 valence electrons. The molecular weight excluding hydrogens is 722 g/mol. The highest BCUT2D eigenvalue weighted by molar-refractivity contribution is 5.98. The molecular formula is C40H60N7O9+. The van der Waals surface area contributed by atoms with Gasteiger partial charge in [0, 0.05) is 12.0 Å². The number of rotatable bonds is 23. The summed E-state index contributed by atoms with van der Waals surface area (Å²) in [5.41, 5.74) is 1.10. The van der Waals surface area contributed by atoms with Gasteiger partial charge in [0.05, 0.1) is 47.9 Å². The maximum Gasteiger partial charge on any atom is 0.330 e. The average Bonchev–Trinajstić information content (AvgIpc) is 3.16. The molecule has 0 aliphatic carbocycles. The van der Waals surface area contributed by atoms with Crippen molar-refractivity contribution in [1.29, 1.82) is 0 Å². The lowest BCUT2D eigenvalue weighted by Gasteiger charge is -2.27. The number of amides is 6. The van der Waals surface area contributed by atoms with Crippen LogP contribution in [0.2, 0.25) is 0 Å². The first-order chi connectivity index (χ1) is 26.4. The number of carbonyl (C=O) groups is 7. The van der Waals surface area contributed by atoms with E-state index >= 15 is 0 Å². The molecule has 2 aromatic rings. The third-order valence-electron chi connectivity index (χ3n) is 8.66. The molecule has 56 heavy (non-hydrogen) atoms. The molecule has 0 spiro atoms. The predicted molar refractivity (Wildman–Crippen MR) is 210 cm³/mol. The normalized spacial score (nSPS) is 13.9. The number of aliphatic hydroxyl groups is 1. The molecule has 2 aromatic carbocycles. The Hall–Kier alpha value is -5.35. The summed E-state index contributed by atoms with van der Waals surface area (Å²) < 4.78 is 5.35. The minimum atomic E-state index is -1.34. The Morgan fingerprint density at radius 1 is 0.679 bits per heavy atom. The van der Waals surface area contributed by atoms with Gasteiger partial charge in [-0.15, -0.1) is 0 Å². The van der Waals surface area contributed by atoms with Crippen LogP contribution >= 0.6 is 0 Å². The quantitative estimate of drug-likeness (QED) is 0.0464. The lowest BCUT2D eigenvalue weighted by atomic mass is 10.0. The molecule has 0 aliphatic rings. The monoisotopic (exact) mass is 782 g/mol. The van der Waals surface area contributed by atoms with Crippen molar-refractivity contribution in [3.05, 3.63) is 71.8 Å². The first kappa shape index (κ1) is 46.8. The highest BCUT2D eigenvalue weighted by Gasteiger charge is 2.32. The molecule has 6 amide bonds. The Morgan fingerprint density at radius 2 is 1.23 bits per heavy atom. The molecule has 0 aliphatic heterocycles. The molecule has 0 radical (unpaired) electrons. The fraction of sp³-hybridized carbons (Fsp3) is 0.525. The van der Waals surface area contributed by atoms with Gasteiger partial charge in [-0.1, -0.05) is 62.4 Å². The second-order valence-electron chi connectivity index (χ2n) is 15.1. The molecule has 0 saturated carbocycles. The lowest BCUT2D eigenvalue weighted by Crippen LogP contribution is -2.59. The number of unbranched alkanes of at least 4 members (excludes halogenated alkanes) is 1. The zero-order valence-corrected chi connectivity index (χ0v) is 33.6. The van der Waals surface area contributed by atoms with Crippen LogP contribution in [0.4, 0.5) is 0 Å². The summed E-state index contributed by atoms with van der Waals surface area (Å²) in [6.07, 6.45) is 1.79. The van der Waals surface area contributed by atoms with Crippen LogP contribution in [0, 0.1) is 5.92 Å². The molecule has 0 fully saturated rings. The summed E-state index contributed by atoms with van der Waals surface area (Å²) in [5.74, 6) is -4.71. The number of ether oxygens (including phenoxy) is 1. The largest absolute Gasteiger partial charge is 0.467 e. The van der Waals surface area contributed by atoms with Crippen LogP contribution in [0.3, 0.4) is 0 Å². The van der Waals surface area contributed by atoms with Crippen molar-refractivity contribution in [2.75, 3.05) is 47.9 Å². The minimum absolute atomic E-state index is 0.0706. The van der Waals surface area contributed by atoms with Crippen LogP contribution in [0.5, 0.6) is 0 Å². The number of esters is 1. The predicted octanol–water partition coefficient (Wildman–Crippen LogP) is 0.191. The van der Waals surface area contributed by atoms with Gasteiger partial charge >= 0.3 is 5.97 Å². The van der Waals surface area contributed by atoms with E-state index in [1.165, 1.54) is 6.92 Å². The van der Waals surface area contributed by atoms with Crippen LogP contribution in [-0.2, 0) is 39.9 Å². The fourth-order valence-corrected chi connectivity index (χ4v) is 5.61. The van der Waals surface area contributed by atoms with E-state index < -0.39 is 84.8 Å². The van der Waals surface area contributed by atoms with E-state index in [1.807, 2.05) is 41.1 Å². The second kappa shape index (κ2) is 23.5. The van der Waals surface area contributed by atoms with Crippen molar-refractivity contribution in [2.24, 2.45) is 5.92 Å². The van der Waals surface area contributed by atoms with Crippen molar-refractivity contribution in [1.82, 2.24) is 31.9 Å². The molecule has 5 atom stereocenters. The molecule has 7 N–H and O–H groups in total. The van der Waals surface area contributed by atoms with Crippen LogP contribution in [0.1, 0.15) is 62.4 Å². The molecule has 0 aromatic heterocycles. The summed E-state index contributed by atoms with van der Waals surface area (Å²) in [6.45, 7) is 4.84. The number of nitrogens with one attached hydrogen (secondary N) is 6. The van der Waals surface area contributed by atoms with E-state index in [4.69, 9.17) is 0 Å². The molecule has 16 heteroatoms. The van der Waals surface area contributed by atoms with Gasteiger partial charge in [-0.05, 0) is 56.2 Å². The lowest BCUT2D eigenvalue weighted by molar-refractivity contribution is -0.870. The van der Waals surface area contributed by atoms with Crippen LogP contribution < -0.4 is 31.9 Å². The van der Waals surface area contributed by atoms with Gasteiger partial charge in [-0.3, -0.25) is 28.8 Å². The summed E-state index contributed by atoms with van der Waals surface area (Å²) >= 11 is 0. The molecule has 16 nitrogen and oxygen atoms in total. The van der Waals surface area contributed by atoms with E-state index in [0.717, 1.165) is 25.6 Å². The third kappa shape index (κ3) is 17.4. The number of benzene rings is 2. The molecule has 0 heterocycles. The Bertz CT molecular complexity index is 1600. The van der Waals surface area contributed by atoms with Gasteiger partial charge in [0.1, 0.15) is 24.2 Å². The standard InChI is InChI=1S/C40H59N7O9/c1-26(2)22-31(39(54)44-30(20-14-15-21-47(4,5)6)37(52)46-33(25-48)40(55)56-7)45-35(50)27(3)42-38(53)32(23-28-16-10-8-11-17-28)43-34(49)24-41-36(51)29-18-12-9-13-19-29/h8-13,16-19,26-27,30-33,48H,14-15,20-25H2,1-7H3,(H5-,41,42,43,44,45,46,49,50,51,52,53,54)/p+1/t27-,30-,31-,32-,33-/m0/s1. The maximum atomic E-state index is 13.7. The number of aliphatic hydroxyl groups excluding tert-OH is 1. The zero-order chi connectivity index (χ0) is 41.8. The van der Waals surface area contributed by atoms with Gasteiger partial charge in [-0.25, -0.2) is 4.79 Å². The maximum absolute atomic E-state index is 13.7. The minimum Gasteiger partial charge on any atom is -0.467 e. The average molecular weight is 783 g/mol. The number of hydrogen-bond donors (Lipinski definition) is 7. The molecule has 2 rings (SSSR count). The topological polar surface area (TPSA) is 221 Å². The van der Waals surface area contributed by atoms with Gasteiger partial charge < -0.3 is 46.2 Å². The Kier molecular flexibility index (Phi) is 19.7. The van der Waals surface area contributed by atoms with Crippen LogP contribution in [0.15, 0.2) is 60.7 Å². The number of carbonyl (C=O) groups excluding carboxylic acids is 7. The Balaban J connectivity index is 2.17. The second-order valence-corrected chi connectivity index (χ2v) is 15.1. The molecule has 0 bridgehead atoms. The van der Waals surface area contributed by atoms with Crippen LogP contribution in [0.25, 0.3) is 0 Å². The SMILES string of the molecule is COC(=O)[C@H](CO)NC(=O)[C@H](CCCC[N+](C)(C)C)NC(=O)[C@H](CC(C)C)NC(=O)[C@H](C)NC(=O)[C@H](Cc1ccccc1)NC(=O)CNC(=O)c1ccccc1. The van der Waals surface area contributed by atoms with Gasteiger partial charge in [0.15, 0.2) is 6.04 Å². The van der Waals surface area contributed by atoms with E-state index in [9.17, 15) is 38.7 Å². The first-order valence-electron chi connectivity index (χ1n) is 18.8. The molecule has 0 unspecified atom stereocenters. The summed E-state index contributed by atoms with van der Waals surface area (Å²) in [4.78, 5) is 91.6. The van der Waals surface area contributed by atoms with E-state index in [0.29, 0.717) is 16.5 Å². The van der Waals surface area contributed by atoms with E-state index in [1.54, 1.807) is 54.6 Å². The number of methoxy groups -OCH3 is 1. The van der Waals surface area contributed by atoms with Crippen molar-refractivity contribution in [3.63, 3.8) is 0 Å². The van der Waals surface area contributed by atoms with E-state index in [2.05, 4.69) is 36.6 Å². The Labute approximate surface area is 329 Å². The third-order valence-corrected chi connectivity index (χ3v) is 8.66. The number of quaternary nitrogens is 1. The van der Waals surface area contributed by atoms with Gasteiger partial charge in [-0.2, -0.15) is 0 Å². The summed E-state index contributed by atoms with van der Waals surface area (Å²) in [7, 11) is 7.22. The Morgan fingerprint density at radius 3 is 1.80 bits per heavy atom. The van der Waals surface area contributed by atoms with Crippen molar-refractivity contribution in [3.8, 4) is 0 Å². The van der Waals surface area contributed by atoms with Crippen LogP contribution in [-0.4, -0.2) is 129 Å². The molecule has 0 saturated heterocycles. The van der Waals surface area contributed by atoms with Gasteiger partial charge in [0.25, 0.3) is 5.91 Å². The highest BCUT2D eigenvalue weighted by Crippen LogP contribution is 2.10. The fourth-order valence-electron chi connectivity index (χ4n) is 5.61. The van der Waals surface area contributed by atoms with Crippen molar-refractivity contribution < 1.29 is 47.9 Å². The number of nitrogens with zero attached hydrogens (tertiary/aromatic N) is 1. The van der Waals surface area contributed by atoms with Crippen molar-refractivity contribution >= 4 is 41.4 Å².